The monoisotopic (exact) mass is 290 g/mol. The number of hydrogen-bond acceptors (Lipinski definition) is 2. The van der Waals surface area contributed by atoms with Crippen molar-refractivity contribution in [3.63, 3.8) is 0 Å². The maximum atomic E-state index is 12.3. The molecule has 0 aliphatic heterocycles. The first-order chi connectivity index (χ1) is 8.56. The van der Waals surface area contributed by atoms with Crippen LogP contribution in [0.2, 0.25) is 0 Å². The van der Waals surface area contributed by atoms with E-state index in [0.717, 1.165) is 25.8 Å². The van der Waals surface area contributed by atoms with Gasteiger partial charge in [0.15, 0.2) is 0 Å². The Hall–Kier alpha value is -0.280. The van der Waals surface area contributed by atoms with Gasteiger partial charge in [-0.25, -0.2) is 0 Å². The van der Waals surface area contributed by atoms with Crippen molar-refractivity contribution in [3.05, 3.63) is 0 Å². The van der Waals surface area contributed by atoms with Crippen LogP contribution in [0.5, 0.6) is 0 Å². The molecular weight excluding hydrogens is 260 g/mol. The van der Waals surface area contributed by atoms with E-state index in [9.17, 15) is 4.79 Å². The Morgan fingerprint density at radius 2 is 2.00 bits per heavy atom. The lowest BCUT2D eigenvalue weighted by molar-refractivity contribution is -0.129. The highest BCUT2D eigenvalue weighted by molar-refractivity contribution is 5.85. The molecular formula is C15H31ClN2O. The standard InChI is InChI=1S/C15H30N2O.ClH/c1-11(2)13-7-6-12(3)10-14(13)15(18)17-9-5-4-8-16;/h11-14H,4-10,16H2,1-3H3,(H,17,18);1H. The lowest BCUT2D eigenvalue weighted by atomic mass is 9.70. The molecule has 0 radical (unpaired) electrons. The maximum absolute atomic E-state index is 12.3. The quantitative estimate of drug-likeness (QED) is 0.739. The largest absolute Gasteiger partial charge is 0.356 e. The van der Waals surface area contributed by atoms with Crippen LogP contribution in [0.15, 0.2) is 0 Å². The summed E-state index contributed by atoms with van der Waals surface area (Å²) in [4.78, 5) is 12.3. The van der Waals surface area contributed by atoms with E-state index in [1.54, 1.807) is 0 Å². The van der Waals surface area contributed by atoms with Crippen molar-refractivity contribution in [2.24, 2.45) is 29.4 Å². The lowest BCUT2D eigenvalue weighted by Gasteiger charge is -2.36. The number of amides is 1. The number of carbonyl (C=O) groups is 1. The summed E-state index contributed by atoms with van der Waals surface area (Å²) < 4.78 is 0. The van der Waals surface area contributed by atoms with Gasteiger partial charge in [-0.3, -0.25) is 4.79 Å². The summed E-state index contributed by atoms with van der Waals surface area (Å²) in [5.74, 6) is 2.37. The Morgan fingerprint density at radius 1 is 1.32 bits per heavy atom. The molecule has 1 aliphatic carbocycles. The molecule has 1 amide bonds. The maximum Gasteiger partial charge on any atom is 0.223 e. The highest BCUT2D eigenvalue weighted by atomic mass is 35.5. The normalized spacial score (nSPS) is 26.9. The first-order valence-corrected chi connectivity index (χ1v) is 7.54. The molecule has 0 spiro atoms. The molecule has 114 valence electrons. The van der Waals surface area contributed by atoms with E-state index in [4.69, 9.17) is 5.73 Å². The topological polar surface area (TPSA) is 55.1 Å². The summed E-state index contributed by atoms with van der Waals surface area (Å²) in [5.41, 5.74) is 5.46. The third-order valence-electron chi connectivity index (χ3n) is 4.29. The van der Waals surface area contributed by atoms with Crippen molar-refractivity contribution in [3.8, 4) is 0 Å². The van der Waals surface area contributed by atoms with Crippen LogP contribution >= 0.6 is 12.4 Å². The molecule has 0 aromatic heterocycles. The molecule has 0 aromatic carbocycles. The predicted molar refractivity (Wildman–Crippen MR) is 83.4 cm³/mol. The summed E-state index contributed by atoms with van der Waals surface area (Å²) in [5, 5.41) is 3.10. The smallest absolute Gasteiger partial charge is 0.223 e. The van der Waals surface area contributed by atoms with Crippen LogP contribution in [-0.4, -0.2) is 19.0 Å². The van der Waals surface area contributed by atoms with Crippen molar-refractivity contribution < 1.29 is 4.79 Å². The SMILES string of the molecule is CC1CCC(C(C)C)C(C(=O)NCCCCN)C1.Cl. The van der Waals surface area contributed by atoms with Crippen LogP contribution in [0.3, 0.4) is 0 Å². The van der Waals surface area contributed by atoms with Crippen LogP contribution in [0, 0.1) is 23.7 Å². The van der Waals surface area contributed by atoms with Gasteiger partial charge < -0.3 is 11.1 Å². The summed E-state index contributed by atoms with van der Waals surface area (Å²) in [6.45, 7) is 8.26. The lowest BCUT2D eigenvalue weighted by Crippen LogP contribution is -2.40. The summed E-state index contributed by atoms with van der Waals surface area (Å²) >= 11 is 0. The molecule has 0 saturated heterocycles. The van der Waals surface area contributed by atoms with E-state index in [1.165, 1.54) is 12.8 Å². The number of carbonyl (C=O) groups excluding carboxylic acids is 1. The fourth-order valence-corrected chi connectivity index (χ4v) is 3.12. The first kappa shape index (κ1) is 18.7. The van der Waals surface area contributed by atoms with Crippen molar-refractivity contribution in [1.29, 1.82) is 0 Å². The van der Waals surface area contributed by atoms with Gasteiger partial charge >= 0.3 is 0 Å². The summed E-state index contributed by atoms with van der Waals surface area (Å²) in [6, 6.07) is 0. The second-order valence-electron chi connectivity index (χ2n) is 6.22. The zero-order valence-electron chi connectivity index (χ0n) is 12.7. The molecule has 19 heavy (non-hydrogen) atoms. The number of nitrogens with one attached hydrogen (secondary N) is 1. The second kappa shape index (κ2) is 9.60. The molecule has 3 N–H and O–H groups in total. The van der Waals surface area contributed by atoms with Gasteiger partial charge in [0.2, 0.25) is 5.91 Å². The fourth-order valence-electron chi connectivity index (χ4n) is 3.12. The Morgan fingerprint density at radius 3 is 2.58 bits per heavy atom. The van der Waals surface area contributed by atoms with Gasteiger partial charge in [0, 0.05) is 12.5 Å². The molecule has 1 rings (SSSR count). The van der Waals surface area contributed by atoms with Gasteiger partial charge in [0.25, 0.3) is 0 Å². The van der Waals surface area contributed by atoms with E-state index in [0.29, 0.717) is 24.3 Å². The molecule has 0 aromatic rings. The second-order valence-corrected chi connectivity index (χ2v) is 6.22. The van der Waals surface area contributed by atoms with Gasteiger partial charge in [-0.1, -0.05) is 27.2 Å². The number of halogens is 1. The molecule has 1 aliphatic rings. The predicted octanol–water partition coefficient (Wildman–Crippen LogP) is 2.97. The average molecular weight is 291 g/mol. The molecule has 0 bridgehead atoms. The third-order valence-corrected chi connectivity index (χ3v) is 4.29. The third kappa shape index (κ3) is 6.13. The number of hydrogen-bond donors (Lipinski definition) is 2. The summed E-state index contributed by atoms with van der Waals surface area (Å²) in [6.07, 6.45) is 5.54. The van der Waals surface area contributed by atoms with Gasteiger partial charge in [0.1, 0.15) is 0 Å². The Kier molecular flexibility index (Phi) is 9.46. The highest BCUT2D eigenvalue weighted by Crippen LogP contribution is 2.37. The number of nitrogens with two attached hydrogens (primary N) is 1. The molecule has 1 fully saturated rings. The zero-order valence-corrected chi connectivity index (χ0v) is 13.5. The van der Waals surface area contributed by atoms with Crippen LogP contribution in [-0.2, 0) is 4.79 Å². The zero-order chi connectivity index (χ0) is 13.5. The van der Waals surface area contributed by atoms with Crippen molar-refractivity contribution in [2.75, 3.05) is 13.1 Å². The van der Waals surface area contributed by atoms with Crippen molar-refractivity contribution >= 4 is 18.3 Å². The average Bonchev–Trinajstić information content (AvgIpc) is 2.34. The molecule has 3 atom stereocenters. The van der Waals surface area contributed by atoms with Gasteiger partial charge in [-0.05, 0) is 50.0 Å². The number of unbranched alkanes of at least 4 members (excludes halogenated alkanes) is 1. The fraction of sp³-hybridized carbons (Fsp3) is 0.933. The van der Waals surface area contributed by atoms with E-state index in [1.807, 2.05) is 0 Å². The van der Waals surface area contributed by atoms with E-state index in [-0.39, 0.29) is 24.2 Å². The van der Waals surface area contributed by atoms with Crippen molar-refractivity contribution in [2.45, 2.75) is 52.9 Å². The van der Waals surface area contributed by atoms with Crippen LogP contribution in [0.1, 0.15) is 52.9 Å². The molecule has 4 heteroatoms. The van der Waals surface area contributed by atoms with E-state index >= 15 is 0 Å². The van der Waals surface area contributed by atoms with Crippen LogP contribution in [0.4, 0.5) is 0 Å². The van der Waals surface area contributed by atoms with E-state index < -0.39 is 0 Å². The molecule has 1 saturated carbocycles. The minimum Gasteiger partial charge on any atom is -0.356 e. The van der Waals surface area contributed by atoms with Crippen LogP contribution in [0.25, 0.3) is 0 Å². The van der Waals surface area contributed by atoms with Gasteiger partial charge in [0.05, 0.1) is 0 Å². The van der Waals surface area contributed by atoms with Gasteiger partial charge in [-0.15, -0.1) is 12.4 Å². The Bertz CT molecular complexity index is 259. The molecule has 3 unspecified atom stereocenters. The summed E-state index contributed by atoms with van der Waals surface area (Å²) in [7, 11) is 0. The van der Waals surface area contributed by atoms with Gasteiger partial charge in [-0.2, -0.15) is 0 Å². The minimum atomic E-state index is 0. The van der Waals surface area contributed by atoms with Crippen molar-refractivity contribution in [1.82, 2.24) is 5.32 Å². The first-order valence-electron chi connectivity index (χ1n) is 7.54. The number of rotatable bonds is 6. The Balaban J connectivity index is 0.00000324. The minimum absolute atomic E-state index is 0. The molecule has 0 heterocycles. The van der Waals surface area contributed by atoms with E-state index in [2.05, 4.69) is 26.1 Å². The molecule has 3 nitrogen and oxygen atoms in total. The van der Waals surface area contributed by atoms with Crippen LogP contribution < -0.4 is 11.1 Å². The Labute approximate surface area is 124 Å². The highest BCUT2D eigenvalue weighted by Gasteiger charge is 2.34.